The van der Waals surface area contributed by atoms with Gasteiger partial charge in [0.25, 0.3) is 5.91 Å². The number of aromatic amines is 1. The fourth-order valence-corrected chi connectivity index (χ4v) is 5.25. The first-order valence-corrected chi connectivity index (χ1v) is 11.7. The SMILES string of the molecule is Cc1cc(C(=O)N2CC=C(c3c[nH]c4ccccc34)CC2)cc(S(=O)(=O)N(C)C)c1C. The van der Waals surface area contributed by atoms with Crippen molar-refractivity contribution in [2.75, 3.05) is 27.2 Å². The average Bonchev–Trinajstić information content (AvgIpc) is 3.19. The summed E-state index contributed by atoms with van der Waals surface area (Å²) in [5.74, 6) is -0.146. The van der Waals surface area contributed by atoms with Crippen molar-refractivity contribution in [3.05, 3.63) is 70.9 Å². The van der Waals surface area contributed by atoms with Gasteiger partial charge >= 0.3 is 0 Å². The second-order valence-electron chi connectivity index (χ2n) is 8.18. The molecule has 0 bridgehead atoms. The normalized spacial score (nSPS) is 14.9. The van der Waals surface area contributed by atoms with Crippen LogP contribution in [0.2, 0.25) is 0 Å². The van der Waals surface area contributed by atoms with Gasteiger partial charge in [0.2, 0.25) is 10.0 Å². The third-order valence-corrected chi connectivity index (χ3v) is 8.00. The first-order valence-electron chi connectivity index (χ1n) is 10.3. The quantitative estimate of drug-likeness (QED) is 0.671. The summed E-state index contributed by atoms with van der Waals surface area (Å²) in [5, 5.41) is 1.18. The van der Waals surface area contributed by atoms with Crippen LogP contribution in [-0.4, -0.2) is 55.7 Å². The van der Waals surface area contributed by atoms with Crippen molar-refractivity contribution < 1.29 is 13.2 Å². The lowest BCUT2D eigenvalue weighted by Gasteiger charge is -2.27. The van der Waals surface area contributed by atoms with E-state index in [9.17, 15) is 13.2 Å². The number of nitrogens with zero attached hydrogens (tertiary/aromatic N) is 2. The molecule has 0 radical (unpaired) electrons. The van der Waals surface area contributed by atoms with Crippen LogP contribution in [-0.2, 0) is 10.0 Å². The highest BCUT2D eigenvalue weighted by Gasteiger charge is 2.26. The molecule has 1 aromatic heterocycles. The number of carbonyl (C=O) groups is 1. The van der Waals surface area contributed by atoms with Gasteiger partial charge in [-0.2, -0.15) is 0 Å². The first-order chi connectivity index (χ1) is 14.7. The molecule has 1 N–H and O–H groups in total. The maximum atomic E-state index is 13.2. The van der Waals surface area contributed by atoms with E-state index in [-0.39, 0.29) is 10.8 Å². The van der Waals surface area contributed by atoms with Crippen molar-refractivity contribution >= 4 is 32.4 Å². The summed E-state index contributed by atoms with van der Waals surface area (Å²) in [5.41, 5.74) is 5.36. The van der Waals surface area contributed by atoms with E-state index in [1.54, 1.807) is 17.9 Å². The van der Waals surface area contributed by atoms with E-state index in [1.165, 1.54) is 41.0 Å². The molecule has 0 fully saturated rings. The summed E-state index contributed by atoms with van der Waals surface area (Å²) in [6.45, 7) is 4.70. The predicted octanol–water partition coefficient (Wildman–Crippen LogP) is 3.96. The van der Waals surface area contributed by atoms with Crippen LogP contribution in [0, 0.1) is 13.8 Å². The molecule has 6 nitrogen and oxygen atoms in total. The van der Waals surface area contributed by atoms with Crippen LogP contribution in [0.3, 0.4) is 0 Å². The zero-order valence-corrected chi connectivity index (χ0v) is 19.1. The van der Waals surface area contributed by atoms with Crippen LogP contribution < -0.4 is 0 Å². The zero-order chi connectivity index (χ0) is 22.3. The average molecular weight is 438 g/mol. The number of nitrogens with one attached hydrogen (secondary N) is 1. The molecule has 0 spiro atoms. The molecule has 4 rings (SSSR count). The highest BCUT2D eigenvalue weighted by atomic mass is 32.2. The molecule has 162 valence electrons. The van der Waals surface area contributed by atoms with E-state index >= 15 is 0 Å². The number of benzene rings is 2. The van der Waals surface area contributed by atoms with E-state index in [1.807, 2.05) is 25.3 Å². The van der Waals surface area contributed by atoms with Crippen LogP contribution in [0.4, 0.5) is 0 Å². The topological polar surface area (TPSA) is 73.5 Å². The van der Waals surface area contributed by atoms with Crippen molar-refractivity contribution in [1.82, 2.24) is 14.2 Å². The number of rotatable bonds is 4. The predicted molar refractivity (Wildman–Crippen MR) is 124 cm³/mol. The number of carbonyl (C=O) groups excluding carboxylic acids is 1. The third-order valence-electron chi connectivity index (χ3n) is 6.06. The fourth-order valence-electron chi connectivity index (χ4n) is 4.03. The Balaban J connectivity index is 1.61. The number of fused-ring (bicyclic) bond motifs is 1. The Kier molecular flexibility index (Phi) is 5.49. The zero-order valence-electron chi connectivity index (χ0n) is 18.3. The molecule has 31 heavy (non-hydrogen) atoms. The molecule has 1 aliphatic heterocycles. The monoisotopic (exact) mass is 437 g/mol. The summed E-state index contributed by atoms with van der Waals surface area (Å²) < 4.78 is 26.6. The smallest absolute Gasteiger partial charge is 0.254 e. The second-order valence-corrected chi connectivity index (χ2v) is 10.3. The van der Waals surface area contributed by atoms with Gasteiger partial charge in [-0.15, -0.1) is 0 Å². The van der Waals surface area contributed by atoms with Crippen molar-refractivity contribution in [3.63, 3.8) is 0 Å². The van der Waals surface area contributed by atoms with Crippen LogP contribution in [0.15, 0.2) is 53.6 Å². The highest BCUT2D eigenvalue weighted by molar-refractivity contribution is 7.89. The summed E-state index contributed by atoms with van der Waals surface area (Å²) in [7, 11) is -0.628. The third kappa shape index (κ3) is 3.79. The van der Waals surface area contributed by atoms with Gasteiger partial charge < -0.3 is 9.88 Å². The van der Waals surface area contributed by atoms with Gasteiger partial charge in [0, 0.05) is 55.4 Å². The molecule has 0 unspecified atom stereocenters. The molecule has 0 atom stereocenters. The standard InChI is InChI=1S/C24H27N3O3S/c1-16-13-19(14-23(17(16)2)31(29,30)26(3)4)24(28)27-11-9-18(10-12-27)21-15-25-22-8-6-5-7-20(21)22/h5-9,13-15,25H,10-12H2,1-4H3. The van der Waals surface area contributed by atoms with Gasteiger partial charge in [-0.05, 0) is 55.2 Å². The minimum atomic E-state index is -3.63. The highest BCUT2D eigenvalue weighted by Crippen LogP contribution is 2.30. The molecule has 7 heteroatoms. The summed E-state index contributed by atoms with van der Waals surface area (Å²) in [4.78, 5) is 18.5. The van der Waals surface area contributed by atoms with E-state index in [4.69, 9.17) is 0 Å². The van der Waals surface area contributed by atoms with Crippen LogP contribution in [0.5, 0.6) is 0 Å². The van der Waals surface area contributed by atoms with E-state index in [2.05, 4.69) is 23.2 Å². The number of aromatic nitrogens is 1. The summed E-state index contributed by atoms with van der Waals surface area (Å²) in [6.07, 6.45) is 4.87. The molecular formula is C24H27N3O3S. The number of aryl methyl sites for hydroxylation is 1. The van der Waals surface area contributed by atoms with E-state index in [0.717, 1.165) is 17.5 Å². The lowest BCUT2D eigenvalue weighted by atomic mass is 9.98. The molecule has 1 aliphatic rings. The molecule has 0 saturated carbocycles. The minimum absolute atomic E-state index is 0.146. The van der Waals surface area contributed by atoms with Gasteiger partial charge in [0.05, 0.1) is 4.90 Å². The van der Waals surface area contributed by atoms with Gasteiger partial charge in [0.1, 0.15) is 0 Å². The number of hydrogen-bond acceptors (Lipinski definition) is 3. The molecule has 3 aromatic rings. The Morgan fingerprint density at radius 1 is 1.13 bits per heavy atom. The number of para-hydroxylation sites is 1. The Labute approximate surface area is 183 Å². The van der Waals surface area contributed by atoms with Gasteiger partial charge in [-0.1, -0.05) is 24.3 Å². The number of sulfonamides is 1. The maximum Gasteiger partial charge on any atom is 0.254 e. The summed E-state index contributed by atoms with van der Waals surface area (Å²) >= 11 is 0. The number of H-pyrrole nitrogens is 1. The minimum Gasteiger partial charge on any atom is -0.361 e. The van der Waals surface area contributed by atoms with Crippen molar-refractivity contribution in [2.45, 2.75) is 25.2 Å². The Morgan fingerprint density at radius 3 is 2.55 bits per heavy atom. The number of hydrogen-bond donors (Lipinski definition) is 1. The van der Waals surface area contributed by atoms with Crippen molar-refractivity contribution in [2.24, 2.45) is 0 Å². The van der Waals surface area contributed by atoms with Gasteiger partial charge in [-0.3, -0.25) is 4.79 Å². The lowest BCUT2D eigenvalue weighted by Crippen LogP contribution is -2.35. The van der Waals surface area contributed by atoms with Crippen LogP contribution in [0.25, 0.3) is 16.5 Å². The van der Waals surface area contributed by atoms with Crippen molar-refractivity contribution in [3.8, 4) is 0 Å². The van der Waals surface area contributed by atoms with Crippen LogP contribution >= 0.6 is 0 Å². The lowest BCUT2D eigenvalue weighted by molar-refractivity contribution is 0.0772. The van der Waals surface area contributed by atoms with E-state index < -0.39 is 10.0 Å². The second kappa shape index (κ2) is 7.98. The Morgan fingerprint density at radius 2 is 1.87 bits per heavy atom. The van der Waals surface area contributed by atoms with E-state index in [0.29, 0.717) is 24.2 Å². The molecular weight excluding hydrogens is 410 g/mol. The Hall–Kier alpha value is -2.90. The molecule has 0 aliphatic carbocycles. The molecule has 2 heterocycles. The largest absolute Gasteiger partial charge is 0.361 e. The summed E-state index contributed by atoms with van der Waals surface area (Å²) in [6, 6.07) is 11.5. The number of amides is 1. The maximum absolute atomic E-state index is 13.2. The van der Waals surface area contributed by atoms with Gasteiger partial charge in [0.15, 0.2) is 0 Å². The van der Waals surface area contributed by atoms with Crippen LogP contribution in [0.1, 0.15) is 33.5 Å². The van der Waals surface area contributed by atoms with Crippen molar-refractivity contribution in [1.29, 1.82) is 0 Å². The fraction of sp³-hybridized carbons (Fsp3) is 0.292. The molecule has 2 aromatic carbocycles. The molecule has 0 saturated heterocycles. The van der Waals surface area contributed by atoms with Gasteiger partial charge in [-0.25, -0.2) is 12.7 Å². The Bertz CT molecular complexity index is 1300. The molecule has 1 amide bonds. The first kappa shape index (κ1) is 21.3.